The molecule has 0 fully saturated rings. The number of nitrogens with zero attached hydrogens (tertiary/aromatic N) is 14. The van der Waals surface area contributed by atoms with Crippen LogP contribution in [0.1, 0.15) is 51.3 Å². The Morgan fingerprint density at radius 1 is 0.393 bits per heavy atom. The Morgan fingerprint density at radius 3 is 1.16 bits per heavy atom. The minimum Gasteiger partial charge on any atom is -0.357 e. The third-order valence-corrected chi connectivity index (χ3v) is 22.1. The molecule has 0 saturated carbocycles. The minimum absolute atomic E-state index is 0.0607. The lowest BCUT2D eigenvalue weighted by atomic mass is 9.83. The summed E-state index contributed by atoms with van der Waals surface area (Å²) in [4.78, 5) is 57.6. The Bertz CT molecular complexity index is 6240. The molecule has 117 heavy (non-hydrogen) atoms. The number of hydrogen-bond donors (Lipinski definition) is 1. The van der Waals surface area contributed by atoms with Crippen molar-refractivity contribution in [3.05, 3.63) is 369 Å². The number of aromatic nitrogens is 10. The van der Waals surface area contributed by atoms with E-state index >= 15 is 0 Å². The smallest absolute Gasteiger partial charge is 0.164 e. The molecule has 0 aliphatic heterocycles. The molecule has 0 radical (unpaired) electrons. The maximum Gasteiger partial charge on any atom is 0.164 e. The van der Waals surface area contributed by atoms with Gasteiger partial charge in [0.1, 0.15) is 5.84 Å². The highest BCUT2D eigenvalue weighted by atomic mass is 15.3. The van der Waals surface area contributed by atoms with Crippen LogP contribution in [0.3, 0.4) is 0 Å². The van der Waals surface area contributed by atoms with E-state index in [-0.39, 0.29) is 17.8 Å². The molecular formula is C102H81N15. The Balaban J connectivity index is 0.951. The van der Waals surface area contributed by atoms with Gasteiger partial charge in [-0.1, -0.05) is 287 Å². The summed E-state index contributed by atoms with van der Waals surface area (Å²) in [7, 11) is 2.06. The summed E-state index contributed by atoms with van der Waals surface area (Å²) in [5.74, 6) is 5.42. The average Bonchev–Trinajstić information content (AvgIpc) is 1.72. The van der Waals surface area contributed by atoms with Crippen LogP contribution >= 0.6 is 0 Å². The molecule has 0 amide bonds. The SMILES string of the molecule is C=CC(C)([C@H](C)N(C)/C(=N\C(=N)c1ccccc1)c1ccccc1)N(c1ccc(-c2ccccc2C#N)cc1-c1cc(-n2c3ccc(-c4nc(-c5ccccc5)nc(-c5ccccc5)n4)cc3c3cc(-c4nc(-c5ccccc5)nc(-c5ccccc5)n4)ccc32)ccc1-c1nc(-c2ccccc2)nc(-c2ccccc2)n1)C(C)C(C)C. The van der Waals surface area contributed by atoms with Crippen molar-refractivity contribution in [3.63, 3.8) is 0 Å². The van der Waals surface area contributed by atoms with Gasteiger partial charge in [0.05, 0.1) is 34.2 Å². The molecule has 0 aliphatic rings. The molecule has 15 nitrogen and oxygen atoms in total. The van der Waals surface area contributed by atoms with Gasteiger partial charge in [0.15, 0.2) is 58.3 Å². The topological polar surface area (TPSA) is 187 Å². The molecule has 4 aromatic heterocycles. The minimum atomic E-state index is -0.942. The second-order valence-corrected chi connectivity index (χ2v) is 29.6. The van der Waals surface area contributed by atoms with E-state index in [2.05, 4.69) is 141 Å². The number of aliphatic imine (C=N–C) groups is 1. The van der Waals surface area contributed by atoms with Crippen LogP contribution in [0.5, 0.6) is 0 Å². The predicted molar refractivity (Wildman–Crippen MR) is 474 cm³/mol. The first-order chi connectivity index (χ1) is 57.3. The fourth-order valence-corrected chi connectivity index (χ4v) is 15.4. The molecular weight excluding hydrogens is 1440 g/mol. The summed E-state index contributed by atoms with van der Waals surface area (Å²) in [6.07, 6.45) is 2.06. The second-order valence-electron chi connectivity index (χ2n) is 29.6. The first-order valence-corrected chi connectivity index (χ1v) is 39.2. The molecule has 13 aromatic carbocycles. The van der Waals surface area contributed by atoms with E-state index in [1.807, 2.05) is 267 Å². The number of likely N-dealkylation sites (N-methyl/N-ethyl adjacent to an activating group) is 1. The molecule has 0 bridgehead atoms. The van der Waals surface area contributed by atoms with Gasteiger partial charge >= 0.3 is 0 Å². The highest BCUT2D eigenvalue weighted by Gasteiger charge is 2.43. The van der Waals surface area contributed by atoms with Gasteiger partial charge in [-0.3, -0.25) is 5.41 Å². The number of nitrogens with one attached hydrogen (secondary N) is 1. The van der Waals surface area contributed by atoms with Crippen LogP contribution < -0.4 is 4.90 Å². The van der Waals surface area contributed by atoms with Crippen LogP contribution in [-0.2, 0) is 0 Å². The maximum atomic E-state index is 11.0. The van der Waals surface area contributed by atoms with Gasteiger partial charge in [-0.15, -0.1) is 6.58 Å². The molecule has 17 rings (SSSR count). The third kappa shape index (κ3) is 14.9. The molecule has 0 spiro atoms. The molecule has 15 heteroatoms. The summed E-state index contributed by atoms with van der Waals surface area (Å²) < 4.78 is 2.32. The number of fused-ring (bicyclic) bond motifs is 3. The van der Waals surface area contributed by atoms with Crippen molar-refractivity contribution in [2.45, 2.75) is 52.2 Å². The standard InChI is InChI=1S/C102H81N15/c1-8-102(6,68(5)115(7)101(76-49-31-16-32-50-76)105-91(104)69-35-17-9-18-36-69)117(67(4)66(2)3)90-60-53-77(82-52-34-33-51-80(82)65-103)61-85(90)84-64-81(56-57-83(84)100-113-96(74-45-27-14-28-46-74)108-97(114-100)75-47-29-15-30-48-75)116-88-58-54-78(98-109-92(70-37-19-10-20-38-70)106-93(110-98)71-39-21-11-22-40-71)62-86(88)87-63-79(55-59-89(87)116)99-111-94(72-41-23-12-24-42-72)107-95(112-99)73-43-25-13-26-44-73/h8-64,66-68,104H,1H2,2-7H3/b104-91?,105-101-/t67?,68-,102?/m0/s1. The summed E-state index contributed by atoms with van der Waals surface area (Å²) in [6, 6.07) is 116. The zero-order chi connectivity index (χ0) is 80.1. The number of hydrogen-bond acceptors (Lipinski definition) is 12. The zero-order valence-corrected chi connectivity index (χ0v) is 65.6. The Kier molecular flexibility index (Phi) is 20.7. The monoisotopic (exact) mass is 1520 g/mol. The lowest BCUT2D eigenvalue weighted by molar-refractivity contribution is 0.256. The van der Waals surface area contributed by atoms with E-state index in [4.69, 9.17) is 56.4 Å². The van der Waals surface area contributed by atoms with E-state index in [1.165, 1.54) is 0 Å². The quantitative estimate of drug-likeness (QED) is 0.0408. The molecule has 2 unspecified atom stereocenters. The van der Waals surface area contributed by atoms with Crippen molar-refractivity contribution < 1.29 is 0 Å². The third-order valence-electron chi connectivity index (χ3n) is 22.1. The van der Waals surface area contributed by atoms with Crippen molar-refractivity contribution in [3.8, 4) is 137 Å². The van der Waals surface area contributed by atoms with Gasteiger partial charge in [-0.25, -0.2) is 49.8 Å². The van der Waals surface area contributed by atoms with Crippen LogP contribution in [0, 0.1) is 22.7 Å². The molecule has 0 saturated heterocycles. The number of amidine groups is 2. The molecule has 3 atom stereocenters. The first kappa shape index (κ1) is 74.6. The van der Waals surface area contributed by atoms with Crippen molar-refractivity contribution in [2.24, 2.45) is 10.9 Å². The summed E-state index contributed by atoms with van der Waals surface area (Å²) in [5, 5.41) is 22.4. The van der Waals surface area contributed by atoms with Crippen molar-refractivity contribution in [1.82, 2.24) is 54.3 Å². The van der Waals surface area contributed by atoms with Crippen LogP contribution in [0.15, 0.2) is 357 Å². The first-order valence-electron chi connectivity index (χ1n) is 39.2. The predicted octanol–water partition coefficient (Wildman–Crippen LogP) is 23.1. The van der Waals surface area contributed by atoms with Gasteiger partial charge in [0.2, 0.25) is 0 Å². The normalized spacial score (nSPS) is 12.5. The lowest BCUT2D eigenvalue weighted by Crippen LogP contribution is -2.62. The van der Waals surface area contributed by atoms with Crippen molar-refractivity contribution in [1.29, 1.82) is 10.7 Å². The van der Waals surface area contributed by atoms with Crippen LogP contribution in [0.2, 0.25) is 0 Å². The highest BCUT2D eigenvalue weighted by Crippen LogP contribution is 2.48. The fourth-order valence-electron chi connectivity index (χ4n) is 15.4. The second kappa shape index (κ2) is 32.5. The number of rotatable bonds is 21. The largest absolute Gasteiger partial charge is 0.357 e. The van der Waals surface area contributed by atoms with E-state index in [9.17, 15) is 10.7 Å². The molecule has 0 aliphatic carbocycles. The van der Waals surface area contributed by atoms with Crippen molar-refractivity contribution in [2.75, 3.05) is 11.9 Å². The van der Waals surface area contributed by atoms with E-state index < -0.39 is 11.6 Å². The van der Waals surface area contributed by atoms with Gasteiger partial charge in [-0.2, -0.15) is 5.26 Å². The number of benzene rings is 13. The van der Waals surface area contributed by atoms with Crippen LogP contribution in [-0.4, -0.2) is 90.7 Å². The fraction of sp³-hybridized carbons (Fsp3) is 0.0980. The molecule has 17 aromatic rings. The Morgan fingerprint density at radius 2 is 0.761 bits per heavy atom. The molecule has 1 N–H and O–H groups in total. The summed E-state index contributed by atoms with van der Waals surface area (Å²) in [6.45, 7) is 16.0. The van der Waals surface area contributed by atoms with Crippen LogP contribution in [0.4, 0.5) is 5.69 Å². The van der Waals surface area contributed by atoms with Gasteiger partial charge in [-0.05, 0) is 116 Å². The molecule has 564 valence electrons. The Labute approximate surface area is 680 Å². The number of anilines is 1. The lowest BCUT2D eigenvalue weighted by Gasteiger charge is -2.52. The number of nitriles is 1. The zero-order valence-electron chi connectivity index (χ0n) is 65.6. The van der Waals surface area contributed by atoms with Gasteiger partial charge in [0, 0.05) is 102 Å². The van der Waals surface area contributed by atoms with Crippen LogP contribution in [0.25, 0.3) is 152 Å². The summed E-state index contributed by atoms with van der Waals surface area (Å²) >= 11 is 0. The summed E-state index contributed by atoms with van der Waals surface area (Å²) in [5.41, 5.74) is 15.1. The highest BCUT2D eigenvalue weighted by molar-refractivity contribution is 6.12. The van der Waals surface area contributed by atoms with E-state index in [0.29, 0.717) is 74.9 Å². The average molecular weight is 1520 g/mol. The van der Waals surface area contributed by atoms with Crippen molar-refractivity contribution >= 4 is 39.2 Å². The van der Waals surface area contributed by atoms with E-state index in [1.54, 1.807) is 0 Å². The van der Waals surface area contributed by atoms with E-state index in [0.717, 1.165) is 106 Å². The Hall–Kier alpha value is -15.1. The maximum absolute atomic E-state index is 11.0. The van der Waals surface area contributed by atoms with Gasteiger partial charge < -0.3 is 14.4 Å². The molecule has 4 heterocycles. The van der Waals surface area contributed by atoms with Gasteiger partial charge in [0.25, 0.3) is 0 Å².